The largest absolute Gasteiger partial charge is 0.497 e. The van der Waals surface area contributed by atoms with Gasteiger partial charge in [-0.15, -0.1) is 11.3 Å². The third kappa shape index (κ3) is 8.21. The van der Waals surface area contributed by atoms with Crippen LogP contribution < -0.4 is 15.4 Å². The third-order valence-corrected chi connectivity index (χ3v) is 10.3. The maximum absolute atomic E-state index is 13.2. The molecule has 1 fully saturated rings. The first-order valence-corrected chi connectivity index (χ1v) is 15.2. The van der Waals surface area contributed by atoms with E-state index in [-0.39, 0.29) is 39.4 Å². The minimum Gasteiger partial charge on any atom is -0.497 e. The molecule has 0 bridgehead atoms. The lowest BCUT2D eigenvalue weighted by Crippen LogP contribution is -2.44. The van der Waals surface area contributed by atoms with Crippen molar-refractivity contribution in [2.45, 2.75) is 46.6 Å². The molecule has 210 valence electrons. The Hall–Kier alpha value is -2.58. The van der Waals surface area contributed by atoms with Gasteiger partial charge in [0.05, 0.1) is 13.7 Å². The third-order valence-electron chi connectivity index (χ3n) is 6.17. The molecular formula is C26H28F3N3O4S3. The number of benzene rings is 2. The molecule has 0 atom stereocenters. The van der Waals surface area contributed by atoms with E-state index in [4.69, 9.17) is 4.74 Å². The maximum atomic E-state index is 13.2. The molecule has 3 aromatic rings. The number of sulfonamides is 1. The fourth-order valence-corrected chi connectivity index (χ4v) is 7.71. The molecule has 0 unspecified atom stereocenters. The summed E-state index contributed by atoms with van der Waals surface area (Å²) in [5.74, 6) is 0.285. The van der Waals surface area contributed by atoms with E-state index in [0.29, 0.717) is 48.7 Å². The fraction of sp³-hybridized carbons (Fsp3) is 0.346. The summed E-state index contributed by atoms with van der Waals surface area (Å²) in [6.07, 6.45) is 1.18. The number of hydrogen-bond acceptors (Lipinski definition) is 7. The number of halogens is 3. The van der Waals surface area contributed by atoms with Crippen LogP contribution in [-0.4, -0.2) is 50.4 Å². The van der Waals surface area contributed by atoms with Crippen LogP contribution in [0, 0.1) is 0 Å². The number of alkyl halides is 3. The van der Waals surface area contributed by atoms with Crippen LogP contribution in [0.2, 0.25) is 0 Å². The van der Waals surface area contributed by atoms with Crippen molar-refractivity contribution in [3.05, 3.63) is 76.7 Å². The normalized spacial score (nSPS) is 15.3. The highest BCUT2D eigenvalue weighted by Crippen LogP contribution is 2.37. The second-order valence-corrected chi connectivity index (χ2v) is 13.4. The lowest BCUT2D eigenvalue weighted by Gasteiger charge is -2.31. The van der Waals surface area contributed by atoms with Crippen molar-refractivity contribution in [3.63, 3.8) is 0 Å². The molecule has 7 nitrogen and oxygen atoms in total. The molecule has 1 saturated heterocycles. The number of piperidine rings is 1. The van der Waals surface area contributed by atoms with E-state index in [1.807, 2.05) is 0 Å². The Kier molecular flexibility index (Phi) is 9.60. The number of thioether (sulfide) groups is 1. The summed E-state index contributed by atoms with van der Waals surface area (Å²) in [6.45, 7) is 1.28. The standard InChI is InChI=1S/C26H28F3N3O4S3/c1-36-21-6-3-5-19(15-21)25(33)31-17-23-8-9-24(37-23)39(34,35)32-12-10-20(11-13-32)30-16-18-4-2-7-22(14-18)38-26(27,28)29/h2-9,14-15,20,30H,10-13,16-17H2,1H3,(H,31,33). The summed E-state index contributed by atoms with van der Waals surface area (Å²) in [4.78, 5) is 13.3. The van der Waals surface area contributed by atoms with Gasteiger partial charge >= 0.3 is 5.51 Å². The highest BCUT2D eigenvalue weighted by Gasteiger charge is 2.31. The van der Waals surface area contributed by atoms with Gasteiger partial charge in [-0.3, -0.25) is 4.79 Å². The lowest BCUT2D eigenvalue weighted by molar-refractivity contribution is -0.0328. The number of ether oxygens (including phenoxy) is 1. The lowest BCUT2D eigenvalue weighted by atomic mass is 10.1. The molecule has 2 N–H and O–H groups in total. The topological polar surface area (TPSA) is 87.7 Å². The van der Waals surface area contributed by atoms with Crippen LogP contribution in [0.4, 0.5) is 13.2 Å². The SMILES string of the molecule is COc1cccc(C(=O)NCc2ccc(S(=O)(=O)N3CCC(NCc4cccc(SC(F)(F)F)c4)CC3)s2)c1. The van der Waals surface area contributed by atoms with Crippen LogP contribution in [0.3, 0.4) is 0 Å². The van der Waals surface area contributed by atoms with Gasteiger partial charge in [-0.25, -0.2) is 8.42 Å². The first-order chi connectivity index (χ1) is 18.5. The van der Waals surface area contributed by atoms with Gasteiger partial charge in [-0.1, -0.05) is 18.2 Å². The monoisotopic (exact) mass is 599 g/mol. The van der Waals surface area contributed by atoms with Crippen molar-refractivity contribution in [2.24, 2.45) is 0 Å². The quantitative estimate of drug-likeness (QED) is 0.310. The van der Waals surface area contributed by atoms with E-state index in [1.54, 1.807) is 48.5 Å². The number of carbonyl (C=O) groups is 1. The van der Waals surface area contributed by atoms with Gasteiger partial charge in [0, 0.05) is 41.0 Å². The average Bonchev–Trinajstić information content (AvgIpc) is 3.40. The number of rotatable bonds is 10. The minimum absolute atomic E-state index is 0.0566. The van der Waals surface area contributed by atoms with E-state index < -0.39 is 15.5 Å². The van der Waals surface area contributed by atoms with E-state index >= 15 is 0 Å². The van der Waals surface area contributed by atoms with E-state index in [1.165, 1.54) is 23.5 Å². The van der Waals surface area contributed by atoms with Crippen LogP contribution in [-0.2, 0) is 23.1 Å². The molecule has 1 amide bonds. The number of nitrogens with zero attached hydrogens (tertiary/aromatic N) is 1. The van der Waals surface area contributed by atoms with Gasteiger partial charge in [-0.2, -0.15) is 17.5 Å². The van der Waals surface area contributed by atoms with Crippen LogP contribution in [0.15, 0.2) is 69.8 Å². The molecule has 2 heterocycles. The molecule has 2 aromatic carbocycles. The molecule has 4 rings (SSSR count). The summed E-state index contributed by atoms with van der Waals surface area (Å²) in [5, 5.41) is 6.14. The Morgan fingerprint density at radius 2 is 1.82 bits per heavy atom. The van der Waals surface area contributed by atoms with E-state index in [9.17, 15) is 26.4 Å². The van der Waals surface area contributed by atoms with Gasteiger partial charge < -0.3 is 15.4 Å². The summed E-state index contributed by atoms with van der Waals surface area (Å²) in [5.41, 5.74) is -3.15. The molecule has 1 aromatic heterocycles. The number of methoxy groups -OCH3 is 1. The number of nitrogens with one attached hydrogen (secondary N) is 2. The van der Waals surface area contributed by atoms with E-state index in [0.717, 1.165) is 16.9 Å². The van der Waals surface area contributed by atoms with Gasteiger partial charge in [0.15, 0.2) is 0 Å². The number of hydrogen-bond donors (Lipinski definition) is 2. The summed E-state index contributed by atoms with van der Waals surface area (Å²) < 4.78 is 71.1. The maximum Gasteiger partial charge on any atom is 0.446 e. The molecule has 0 radical (unpaired) electrons. The van der Waals surface area contributed by atoms with Gasteiger partial charge in [0.2, 0.25) is 0 Å². The smallest absolute Gasteiger partial charge is 0.446 e. The second-order valence-electron chi connectivity index (χ2n) is 8.89. The van der Waals surface area contributed by atoms with Crippen molar-refractivity contribution < 1.29 is 31.1 Å². The van der Waals surface area contributed by atoms with Gasteiger partial charge in [0.1, 0.15) is 9.96 Å². The van der Waals surface area contributed by atoms with Crippen molar-refractivity contribution in [1.82, 2.24) is 14.9 Å². The number of thiophene rings is 1. The Morgan fingerprint density at radius 1 is 1.08 bits per heavy atom. The summed E-state index contributed by atoms with van der Waals surface area (Å²) in [7, 11) is -2.15. The number of carbonyl (C=O) groups excluding carboxylic acids is 1. The minimum atomic E-state index is -4.33. The molecule has 0 spiro atoms. The Labute approximate surface area is 233 Å². The van der Waals surface area contributed by atoms with E-state index in [2.05, 4.69) is 10.6 Å². The molecule has 1 aliphatic heterocycles. The predicted molar refractivity (Wildman–Crippen MR) is 145 cm³/mol. The zero-order valence-electron chi connectivity index (χ0n) is 21.0. The molecule has 0 saturated carbocycles. The summed E-state index contributed by atoms with van der Waals surface area (Å²) in [6, 6.07) is 16.4. The first kappa shape index (κ1) is 29.4. The molecule has 0 aliphatic carbocycles. The van der Waals surface area contributed by atoms with Gasteiger partial charge in [-0.05, 0) is 72.6 Å². The van der Waals surface area contributed by atoms with Crippen molar-refractivity contribution in [3.8, 4) is 5.75 Å². The zero-order valence-corrected chi connectivity index (χ0v) is 23.5. The first-order valence-electron chi connectivity index (χ1n) is 12.1. The van der Waals surface area contributed by atoms with Crippen molar-refractivity contribution in [1.29, 1.82) is 0 Å². The molecule has 39 heavy (non-hydrogen) atoms. The highest BCUT2D eigenvalue weighted by molar-refractivity contribution is 8.00. The predicted octanol–water partition coefficient (Wildman–Crippen LogP) is 5.24. The van der Waals surface area contributed by atoms with Crippen LogP contribution in [0.25, 0.3) is 0 Å². The van der Waals surface area contributed by atoms with Crippen molar-refractivity contribution >= 4 is 39.0 Å². The Balaban J connectivity index is 1.26. The second kappa shape index (κ2) is 12.7. The Morgan fingerprint density at radius 3 is 2.54 bits per heavy atom. The van der Waals surface area contributed by atoms with Gasteiger partial charge in [0.25, 0.3) is 15.9 Å². The van der Waals surface area contributed by atoms with Crippen molar-refractivity contribution in [2.75, 3.05) is 20.2 Å². The Bertz CT molecular complexity index is 1390. The van der Waals surface area contributed by atoms with Crippen LogP contribution >= 0.6 is 23.1 Å². The van der Waals surface area contributed by atoms with Crippen LogP contribution in [0.1, 0.15) is 33.6 Å². The zero-order chi connectivity index (χ0) is 28.0. The average molecular weight is 600 g/mol. The number of amides is 1. The highest BCUT2D eigenvalue weighted by atomic mass is 32.2. The van der Waals surface area contributed by atoms with Crippen LogP contribution in [0.5, 0.6) is 5.75 Å². The molecule has 1 aliphatic rings. The molecule has 13 heteroatoms. The summed E-state index contributed by atoms with van der Waals surface area (Å²) >= 11 is 0.983. The molecular weight excluding hydrogens is 571 g/mol. The fourth-order valence-electron chi connectivity index (χ4n) is 4.17.